The van der Waals surface area contributed by atoms with Crippen molar-refractivity contribution in [2.75, 3.05) is 7.11 Å². The summed E-state index contributed by atoms with van der Waals surface area (Å²) in [4.78, 5) is 49.7. The number of aromatic nitrogens is 1. The van der Waals surface area contributed by atoms with E-state index in [-0.39, 0.29) is 18.7 Å². The Balaban J connectivity index is 1.81. The predicted molar refractivity (Wildman–Crippen MR) is 83.3 cm³/mol. The molecule has 8 nitrogen and oxygen atoms in total. The molecule has 3 amide bonds. The number of H-pyrrole nitrogens is 1. The van der Waals surface area contributed by atoms with Crippen molar-refractivity contribution in [2.24, 2.45) is 0 Å². The number of methoxy groups -OCH3 is 1. The summed E-state index contributed by atoms with van der Waals surface area (Å²) >= 11 is 0. The molecule has 1 aliphatic heterocycles. The van der Waals surface area contributed by atoms with Crippen molar-refractivity contribution in [3.63, 3.8) is 0 Å². The van der Waals surface area contributed by atoms with Crippen LogP contribution in [0.5, 0.6) is 0 Å². The molecule has 0 unspecified atom stereocenters. The molecule has 1 aliphatic rings. The Bertz CT molecular complexity index is 855. The molecular weight excluding hydrogens is 314 g/mol. The number of carbonyl (C=O) groups excluding carboxylic acids is 4. The lowest BCUT2D eigenvalue weighted by molar-refractivity contribution is -0.134. The van der Waals surface area contributed by atoms with Gasteiger partial charge in [0.25, 0.3) is 5.91 Å². The van der Waals surface area contributed by atoms with Crippen molar-refractivity contribution >= 4 is 34.6 Å². The molecule has 3 rings (SSSR count). The Hall–Kier alpha value is -3.16. The highest BCUT2D eigenvalue weighted by Crippen LogP contribution is 2.20. The lowest BCUT2D eigenvalue weighted by Gasteiger charge is -2.21. The molecular formula is C16H15N3O5. The number of carbonyl (C=O) groups is 4. The summed E-state index contributed by atoms with van der Waals surface area (Å²) < 4.78 is 4.66. The SMILES string of the molecule is COC(=O)c1ccc2c(C(=O)N[C@H]3CCC(=O)NC3=O)c[nH]c2c1. The van der Waals surface area contributed by atoms with Gasteiger partial charge in [-0.25, -0.2) is 4.79 Å². The zero-order valence-electron chi connectivity index (χ0n) is 12.8. The summed E-state index contributed by atoms with van der Waals surface area (Å²) in [6.07, 6.45) is 1.96. The highest BCUT2D eigenvalue weighted by Gasteiger charge is 2.28. The van der Waals surface area contributed by atoms with Crippen LogP contribution in [0.15, 0.2) is 24.4 Å². The number of benzene rings is 1. The zero-order chi connectivity index (χ0) is 17.3. The molecule has 0 bridgehead atoms. The average Bonchev–Trinajstić information content (AvgIpc) is 2.99. The second-order valence-corrected chi connectivity index (χ2v) is 5.43. The van der Waals surface area contributed by atoms with Crippen LogP contribution < -0.4 is 10.6 Å². The van der Waals surface area contributed by atoms with Crippen molar-refractivity contribution in [3.8, 4) is 0 Å². The first-order valence-electron chi connectivity index (χ1n) is 7.33. The lowest BCUT2D eigenvalue weighted by atomic mass is 10.0. The zero-order valence-corrected chi connectivity index (χ0v) is 12.8. The summed E-state index contributed by atoms with van der Waals surface area (Å²) in [5.74, 6) is -1.75. The van der Waals surface area contributed by atoms with Crippen LogP contribution in [0.3, 0.4) is 0 Å². The second-order valence-electron chi connectivity index (χ2n) is 5.43. The first-order valence-corrected chi connectivity index (χ1v) is 7.33. The van der Waals surface area contributed by atoms with Crippen LogP contribution in [0.2, 0.25) is 0 Å². The van der Waals surface area contributed by atoms with Gasteiger partial charge in [0.15, 0.2) is 0 Å². The van der Waals surface area contributed by atoms with Crippen LogP contribution in [0.25, 0.3) is 10.9 Å². The van der Waals surface area contributed by atoms with Gasteiger partial charge in [-0.3, -0.25) is 19.7 Å². The number of rotatable bonds is 3. The summed E-state index contributed by atoms with van der Waals surface area (Å²) in [5, 5.41) is 5.43. The number of amides is 3. The maximum absolute atomic E-state index is 12.4. The fraction of sp³-hybridized carbons (Fsp3) is 0.250. The molecule has 8 heteroatoms. The van der Waals surface area contributed by atoms with Crippen LogP contribution in [0, 0.1) is 0 Å². The third-order valence-corrected chi connectivity index (χ3v) is 3.89. The van der Waals surface area contributed by atoms with Gasteiger partial charge in [0.2, 0.25) is 11.8 Å². The molecule has 1 fully saturated rings. The number of esters is 1. The van der Waals surface area contributed by atoms with E-state index in [0.29, 0.717) is 22.0 Å². The Morgan fingerprint density at radius 1 is 1.29 bits per heavy atom. The normalized spacial score (nSPS) is 17.5. The van der Waals surface area contributed by atoms with Gasteiger partial charge in [0.1, 0.15) is 6.04 Å². The molecule has 0 spiro atoms. The standard InChI is InChI=1S/C16H15N3O5/c1-24-16(23)8-2-3-9-10(7-17-12(9)6-8)14(21)18-11-4-5-13(20)19-15(11)22/h2-3,6-7,11,17H,4-5H2,1H3,(H,18,21)(H,19,20,22)/t11-/m0/s1. The fourth-order valence-electron chi connectivity index (χ4n) is 2.63. The van der Waals surface area contributed by atoms with Gasteiger partial charge in [0, 0.05) is 23.5 Å². The number of piperidine rings is 1. The number of fused-ring (bicyclic) bond motifs is 1. The number of nitrogens with one attached hydrogen (secondary N) is 3. The van der Waals surface area contributed by atoms with Crippen molar-refractivity contribution in [2.45, 2.75) is 18.9 Å². The lowest BCUT2D eigenvalue weighted by Crippen LogP contribution is -2.52. The van der Waals surface area contributed by atoms with Gasteiger partial charge in [-0.05, 0) is 18.6 Å². The van der Waals surface area contributed by atoms with Crippen LogP contribution in [0.1, 0.15) is 33.6 Å². The van der Waals surface area contributed by atoms with Crippen molar-refractivity contribution in [1.82, 2.24) is 15.6 Å². The third-order valence-electron chi connectivity index (χ3n) is 3.89. The van der Waals surface area contributed by atoms with E-state index < -0.39 is 23.8 Å². The molecule has 24 heavy (non-hydrogen) atoms. The smallest absolute Gasteiger partial charge is 0.337 e. The highest BCUT2D eigenvalue weighted by atomic mass is 16.5. The maximum atomic E-state index is 12.4. The number of hydrogen-bond donors (Lipinski definition) is 3. The predicted octanol–water partition coefficient (Wildman–Crippen LogP) is 0.489. The minimum Gasteiger partial charge on any atom is -0.465 e. The monoisotopic (exact) mass is 329 g/mol. The van der Waals surface area contributed by atoms with Gasteiger partial charge >= 0.3 is 5.97 Å². The molecule has 124 valence electrons. The first-order chi connectivity index (χ1) is 11.5. The molecule has 3 N–H and O–H groups in total. The molecule has 1 atom stereocenters. The Labute approximate surface area is 136 Å². The maximum Gasteiger partial charge on any atom is 0.337 e. The van der Waals surface area contributed by atoms with Gasteiger partial charge in [0.05, 0.1) is 18.2 Å². The van der Waals surface area contributed by atoms with Crippen LogP contribution >= 0.6 is 0 Å². The molecule has 1 aromatic heterocycles. The van der Waals surface area contributed by atoms with Crippen molar-refractivity contribution in [1.29, 1.82) is 0 Å². The van der Waals surface area contributed by atoms with Crippen molar-refractivity contribution in [3.05, 3.63) is 35.5 Å². The minimum atomic E-state index is -0.741. The van der Waals surface area contributed by atoms with Crippen LogP contribution in [-0.4, -0.2) is 41.8 Å². The van der Waals surface area contributed by atoms with Gasteiger partial charge < -0.3 is 15.0 Å². The van der Waals surface area contributed by atoms with E-state index in [1.54, 1.807) is 18.2 Å². The molecule has 0 saturated carbocycles. The largest absolute Gasteiger partial charge is 0.465 e. The van der Waals surface area contributed by atoms with Crippen molar-refractivity contribution < 1.29 is 23.9 Å². The summed E-state index contributed by atoms with van der Waals surface area (Å²) in [7, 11) is 1.29. The van der Waals surface area contributed by atoms with E-state index >= 15 is 0 Å². The quantitative estimate of drug-likeness (QED) is 0.559. The topological polar surface area (TPSA) is 117 Å². The van der Waals surface area contributed by atoms with Crippen LogP contribution in [0.4, 0.5) is 0 Å². The van der Waals surface area contributed by atoms with E-state index in [9.17, 15) is 19.2 Å². The summed E-state index contributed by atoms with van der Waals surface area (Å²) in [6.45, 7) is 0. The fourth-order valence-corrected chi connectivity index (χ4v) is 2.63. The van der Waals surface area contributed by atoms with Gasteiger partial charge in [-0.2, -0.15) is 0 Å². The summed E-state index contributed by atoms with van der Waals surface area (Å²) in [6, 6.07) is 4.04. The molecule has 2 aromatic rings. The number of imide groups is 1. The Morgan fingerprint density at radius 3 is 2.79 bits per heavy atom. The minimum absolute atomic E-state index is 0.188. The number of hydrogen-bond acceptors (Lipinski definition) is 5. The molecule has 0 aliphatic carbocycles. The van der Waals surface area contributed by atoms with Gasteiger partial charge in [-0.1, -0.05) is 6.07 Å². The molecule has 2 heterocycles. The molecule has 1 saturated heterocycles. The van der Waals surface area contributed by atoms with E-state index in [0.717, 1.165) is 0 Å². The van der Waals surface area contributed by atoms with Crippen LogP contribution in [-0.2, 0) is 14.3 Å². The Morgan fingerprint density at radius 2 is 2.08 bits per heavy atom. The van der Waals surface area contributed by atoms with E-state index in [4.69, 9.17) is 0 Å². The first kappa shape index (κ1) is 15.7. The van der Waals surface area contributed by atoms with E-state index in [1.165, 1.54) is 13.3 Å². The van der Waals surface area contributed by atoms with E-state index in [1.807, 2.05) is 0 Å². The van der Waals surface area contributed by atoms with E-state index in [2.05, 4.69) is 20.4 Å². The Kier molecular flexibility index (Phi) is 4.03. The second kappa shape index (κ2) is 6.15. The molecule has 1 aromatic carbocycles. The number of aromatic amines is 1. The average molecular weight is 329 g/mol. The summed E-state index contributed by atoms with van der Waals surface area (Å²) in [5.41, 5.74) is 1.32. The van der Waals surface area contributed by atoms with Gasteiger partial charge in [-0.15, -0.1) is 0 Å². The highest BCUT2D eigenvalue weighted by molar-refractivity contribution is 6.10. The number of ether oxygens (including phenoxy) is 1. The third kappa shape index (κ3) is 2.85. The molecule has 0 radical (unpaired) electrons.